The van der Waals surface area contributed by atoms with Gasteiger partial charge < -0.3 is 14.0 Å². The first kappa shape index (κ1) is 12.4. The van der Waals surface area contributed by atoms with Crippen LogP contribution < -0.4 is 0 Å². The number of aromatic nitrogens is 3. The molecule has 102 valence electrons. The predicted octanol–water partition coefficient (Wildman–Crippen LogP) is 1.64. The highest BCUT2D eigenvalue weighted by Gasteiger charge is 2.23. The van der Waals surface area contributed by atoms with Crippen LogP contribution in [0, 0.1) is 5.82 Å². The monoisotopic (exact) mass is 277 g/mol. The Kier molecular flexibility index (Phi) is 2.79. The number of carbonyl (C=O) groups is 1. The predicted molar refractivity (Wildman–Crippen MR) is 62.9 cm³/mol. The molecule has 0 saturated heterocycles. The van der Waals surface area contributed by atoms with Gasteiger partial charge in [-0.25, -0.2) is 4.39 Å². The highest BCUT2D eigenvalue weighted by atomic mass is 19.1. The molecule has 0 spiro atoms. The zero-order valence-corrected chi connectivity index (χ0v) is 10.2. The molecule has 3 rings (SSSR count). The van der Waals surface area contributed by atoms with E-state index in [1.165, 1.54) is 25.1 Å². The third-order valence-corrected chi connectivity index (χ3v) is 2.69. The second-order valence-electron chi connectivity index (χ2n) is 4.13. The van der Waals surface area contributed by atoms with Crippen molar-refractivity contribution in [2.45, 2.75) is 13.0 Å². The van der Waals surface area contributed by atoms with E-state index in [9.17, 15) is 14.3 Å². The van der Waals surface area contributed by atoms with Gasteiger partial charge in [-0.1, -0.05) is 5.16 Å². The highest BCUT2D eigenvalue weighted by molar-refractivity contribution is 5.89. The molecule has 1 unspecified atom stereocenters. The molecule has 3 aromatic rings. The van der Waals surface area contributed by atoms with Gasteiger partial charge in [0.2, 0.25) is 0 Å². The Bertz CT molecular complexity index is 795. The van der Waals surface area contributed by atoms with E-state index < -0.39 is 17.7 Å². The molecule has 0 fully saturated rings. The number of Topliss-reactive ketones (excluding diaryl/α,β-unsaturated/α-hetero) is 1. The quantitative estimate of drug-likeness (QED) is 0.776. The lowest BCUT2D eigenvalue weighted by molar-refractivity contribution is -0.126. The van der Waals surface area contributed by atoms with Gasteiger partial charge in [0.25, 0.3) is 11.8 Å². The second kappa shape index (κ2) is 4.49. The average molecular weight is 277 g/mol. The molecule has 20 heavy (non-hydrogen) atoms. The molecule has 0 aliphatic heterocycles. The van der Waals surface area contributed by atoms with Crippen LogP contribution in [0.15, 0.2) is 27.1 Å². The average Bonchev–Trinajstić information content (AvgIpc) is 3.02. The number of carbonyl (C=O) groups excluding carboxylic acids is 1. The lowest BCUT2D eigenvalue weighted by Crippen LogP contribution is -2.07. The number of benzene rings is 1. The van der Waals surface area contributed by atoms with Crippen LogP contribution in [0.4, 0.5) is 4.39 Å². The van der Waals surface area contributed by atoms with Gasteiger partial charge in [0.1, 0.15) is 5.82 Å². The molecule has 7 nitrogen and oxygen atoms in total. The summed E-state index contributed by atoms with van der Waals surface area (Å²) in [5, 5.41) is 20.8. The first-order valence-electron chi connectivity index (χ1n) is 5.63. The van der Waals surface area contributed by atoms with Crippen molar-refractivity contribution in [2.75, 3.05) is 0 Å². The topological polar surface area (TPSA) is 102 Å². The van der Waals surface area contributed by atoms with Crippen LogP contribution in [0.3, 0.4) is 0 Å². The van der Waals surface area contributed by atoms with Crippen LogP contribution >= 0.6 is 0 Å². The van der Waals surface area contributed by atoms with Crippen molar-refractivity contribution in [1.29, 1.82) is 0 Å². The van der Waals surface area contributed by atoms with Crippen molar-refractivity contribution in [2.24, 2.45) is 0 Å². The molecular weight excluding hydrogens is 269 g/mol. The summed E-state index contributed by atoms with van der Waals surface area (Å²) in [6, 6.07) is 3.87. The zero-order valence-electron chi connectivity index (χ0n) is 10.2. The van der Waals surface area contributed by atoms with Crippen LogP contribution in [0.25, 0.3) is 22.6 Å². The van der Waals surface area contributed by atoms with Crippen molar-refractivity contribution < 1.29 is 23.2 Å². The minimum atomic E-state index is -1.49. The van der Waals surface area contributed by atoms with Crippen molar-refractivity contribution in [3.8, 4) is 11.6 Å². The molecule has 1 aromatic carbocycles. The molecule has 0 aliphatic rings. The van der Waals surface area contributed by atoms with Gasteiger partial charge >= 0.3 is 0 Å². The molecule has 0 radical (unpaired) electrons. The minimum Gasteiger partial charge on any atom is -0.416 e. The van der Waals surface area contributed by atoms with Crippen LogP contribution in [0.5, 0.6) is 0 Å². The summed E-state index contributed by atoms with van der Waals surface area (Å²) in [5.41, 5.74) is 0.502. The lowest BCUT2D eigenvalue weighted by Gasteiger charge is -1.98. The number of hydrogen-bond donors (Lipinski definition) is 1. The van der Waals surface area contributed by atoms with Gasteiger partial charge in [0.05, 0.1) is 5.39 Å². The standard InChI is InChI=1S/C12H8FN3O4/c1-5(17)10(18)12-15-14-11(19-12)9-7-4-6(13)2-3-8(7)20-16-9/h2-4,10,18H,1H3. The fraction of sp³-hybridized carbons (Fsp3) is 0.167. The summed E-state index contributed by atoms with van der Waals surface area (Å²) in [6.45, 7) is 1.19. The van der Waals surface area contributed by atoms with Crippen molar-refractivity contribution in [1.82, 2.24) is 15.4 Å². The summed E-state index contributed by atoms with van der Waals surface area (Å²) in [5.74, 6) is -1.31. The number of fused-ring (bicyclic) bond motifs is 1. The normalized spacial score (nSPS) is 12.8. The van der Waals surface area contributed by atoms with Gasteiger partial charge in [0.15, 0.2) is 23.2 Å². The summed E-state index contributed by atoms with van der Waals surface area (Å²) >= 11 is 0. The van der Waals surface area contributed by atoms with E-state index >= 15 is 0 Å². The number of halogens is 1. The maximum absolute atomic E-state index is 13.2. The third-order valence-electron chi connectivity index (χ3n) is 2.69. The van der Waals surface area contributed by atoms with Gasteiger partial charge in [-0.3, -0.25) is 4.79 Å². The maximum Gasteiger partial charge on any atom is 0.270 e. The van der Waals surface area contributed by atoms with Crippen molar-refractivity contribution in [3.05, 3.63) is 29.9 Å². The number of rotatable bonds is 3. The second-order valence-corrected chi connectivity index (χ2v) is 4.13. The molecule has 0 aliphatic carbocycles. The van der Waals surface area contributed by atoms with E-state index in [4.69, 9.17) is 8.94 Å². The highest BCUT2D eigenvalue weighted by Crippen LogP contribution is 2.28. The van der Waals surface area contributed by atoms with E-state index in [1.807, 2.05) is 0 Å². The van der Waals surface area contributed by atoms with Crippen molar-refractivity contribution in [3.63, 3.8) is 0 Å². The summed E-state index contributed by atoms with van der Waals surface area (Å²) in [7, 11) is 0. The Morgan fingerprint density at radius 2 is 2.20 bits per heavy atom. The van der Waals surface area contributed by atoms with Crippen LogP contribution in [-0.2, 0) is 4.79 Å². The van der Waals surface area contributed by atoms with Gasteiger partial charge in [0, 0.05) is 0 Å². The van der Waals surface area contributed by atoms with Crippen LogP contribution in [0.1, 0.15) is 18.9 Å². The molecule has 0 saturated carbocycles. The first-order chi connectivity index (χ1) is 9.56. The number of hydrogen-bond acceptors (Lipinski definition) is 7. The third kappa shape index (κ3) is 1.95. The summed E-state index contributed by atoms with van der Waals surface area (Å²) in [6.07, 6.45) is -1.49. The molecule has 2 heterocycles. The smallest absolute Gasteiger partial charge is 0.270 e. The van der Waals surface area contributed by atoms with E-state index in [2.05, 4.69) is 15.4 Å². The largest absolute Gasteiger partial charge is 0.416 e. The van der Waals surface area contributed by atoms with Crippen molar-refractivity contribution >= 4 is 16.8 Å². The molecule has 0 amide bonds. The lowest BCUT2D eigenvalue weighted by atomic mass is 10.2. The fourth-order valence-corrected chi connectivity index (χ4v) is 1.68. The molecule has 0 bridgehead atoms. The Labute approximate surface area is 111 Å². The molecule has 1 N–H and O–H groups in total. The fourth-order valence-electron chi connectivity index (χ4n) is 1.68. The summed E-state index contributed by atoms with van der Waals surface area (Å²) in [4.78, 5) is 11.0. The van der Waals surface area contributed by atoms with E-state index in [1.54, 1.807) is 0 Å². The van der Waals surface area contributed by atoms with Crippen LogP contribution in [0.2, 0.25) is 0 Å². The molecular formula is C12H8FN3O4. The van der Waals surface area contributed by atoms with Gasteiger partial charge in [-0.2, -0.15) is 0 Å². The first-order valence-corrected chi connectivity index (χ1v) is 5.63. The maximum atomic E-state index is 13.2. The number of aliphatic hydroxyl groups is 1. The Morgan fingerprint density at radius 3 is 2.95 bits per heavy atom. The number of aliphatic hydroxyl groups excluding tert-OH is 1. The molecule has 2 aromatic heterocycles. The molecule has 8 heteroatoms. The Hall–Kier alpha value is -2.61. The van der Waals surface area contributed by atoms with Crippen LogP contribution in [-0.4, -0.2) is 26.2 Å². The Balaban J connectivity index is 2.07. The summed E-state index contributed by atoms with van der Waals surface area (Å²) < 4.78 is 23.4. The van der Waals surface area contributed by atoms with E-state index in [0.29, 0.717) is 11.0 Å². The molecule has 1 atom stereocenters. The van der Waals surface area contributed by atoms with E-state index in [-0.39, 0.29) is 17.5 Å². The number of nitrogens with zero attached hydrogens (tertiary/aromatic N) is 3. The van der Waals surface area contributed by atoms with Gasteiger partial charge in [-0.15, -0.1) is 10.2 Å². The van der Waals surface area contributed by atoms with Gasteiger partial charge in [-0.05, 0) is 25.1 Å². The SMILES string of the molecule is CC(=O)C(O)c1nnc(-c2noc3ccc(F)cc23)o1. The zero-order chi connectivity index (χ0) is 14.3. The number of ketones is 1. The minimum absolute atomic E-state index is 0.0651. The Morgan fingerprint density at radius 1 is 1.40 bits per heavy atom. The van der Waals surface area contributed by atoms with E-state index in [0.717, 1.165) is 0 Å².